The zero-order valence-corrected chi connectivity index (χ0v) is 14.6. The molecule has 0 N–H and O–H groups in total. The minimum atomic E-state index is -3.49. The Balaban J connectivity index is 2.01. The van der Waals surface area contributed by atoms with Crippen LogP contribution in [0.15, 0.2) is 29.3 Å². The Morgan fingerprint density at radius 1 is 1.29 bits per heavy atom. The molecule has 128 valence electrons. The van der Waals surface area contributed by atoms with Crippen LogP contribution < -0.4 is 4.90 Å². The van der Waals surface area contributed by atoms with Crippen LogP contribution in [-0.4, -0.2) is 54.3 Å². The highest BCUT2D eigenvalue weighted by Crippen LogP contribution is 2.31. The zero-order chi connectivity index (χ0) is 17.5. The van der Waals surface area contributed by atoms with E-state index in [0.29, 0.717) is 12.2 Å². The molecule has 1 aliphatic rings. The number of carbonyl (C=O) groups excluding carboxylic acids is 1. The molecule has 0 aliphatic carbocycles. The minimum Gasteiger partial charge on any atom is -0.307 e. The Hall–Kier alpha value is -2.26. The molecule has 0 saturated carbocycles. The van der Waals surface area contributed by atoms with Gasteiger partial charge >= 0.3 is 0 Å². The fraction of sp³-hybridized carbons (Fsp3) is 0.400. The number of nitrogens with zero attached hydrogens (tertiary/aromatic N) is 5. The lowest BCUT2D eigenvalue weighted by atomic mass is 10.0. The van der Waals surface area contributed by atoms with Crippen LogP contribution in [0.5, 0.6) is 0 Å². The molecule has 0 atom stereocenters. The summed E-state index contributed by atoms with van der Waals surface area (Å²) in [6.07, 6.45) is 2.94. The number of benzene rings is 1. The first kappa shape index (κ1) is 16.6. The third-order valence-electron chi connectivity index (χ3n) is 4.13. The van der Waals surface area contributed by atoms with Crippen molar-refractivity contribution in [2.45, 2.75) is 17.7 Å². The fourth-order valence-electron chi connectivity index (χ4n) is 2.78. The molecule has 8 nitrogen and oxygen atoms in total. The summed E-state index contributed by atoms with van der Waals surface area (Å²) in [5.74, 6) is -0.188. The molecule has 0 fully saturated rings. The topological polar surface area (TPSA) is 88.4 Å². The van der Waals surface area contributed by atoms with E-state index < -0.39 is 10.0 Å². The molecule has 24 heavy (non-hydrogen) atoms. The molecule has 0 saturated heterocycles. The van der Waals surface area contributed by atoms with E-state index in [1.54, 1.807) is 30.1 Å². The van der Waals surface area contributed by atoms with Gasteiger partial charge in [0.1, 0.15) is 5.69 Å². The first-order chi connectivity index (χ1) is 11.3. The van der Waals surface area contributed by atoms with Crippen molar-refractivity contribution >= 4 is 21.6 Å². The summed E-state index contributed by atoms with van der Waals surface area (Å²) < 4.78 is 27.2. The van der Waals surface area contributed by atoms with E-state index in [1.165, 1.54) is 29.3 Å². The maximum Gasteiger partial charge on any atom is 0.278 e. The smallest absolute Gasteiger partial charge is 0.278 e. The Bertz CT molecular complexity index is 888. The lowest BCUT2D eigenvalue weighted by Gasteiger charge is -2.29. The second-order valence-corrected chi connectivity index (χ2v) is 8.03. The van der Waals surface area contributed by atoms with Crippen molar-refractivity contribution in [3.05, 3.63) is 35.7 Å². The number of amides is 1. The van der Waals surface area contributed by atoms with Crippen LogP contribution in [-0.2, 0) is 23.5 Å². The van der Waals surface area contributed by atoms with Crippen molar-refractivity contribution in [3.63, 3.8) is 0 Å². The predicted molar refractivity (Wildman–Crippen MR) is 88.3 cm³/mol. The van der Waals surface area contributed by atoms with Gasteiger partial charge in [0, 0.05) is 33.4 Å². The Labute approximate surface area is 140 Å². The Morgan fingerprint density at radius 3 is 2.67 bits per heavy atom. The monoisotopic (exact) mass is 349 g/mol. The number of hydrogen-bond donors (Lipinski definition) is 0. The lowest BCUT2D eigenvalue weighted by molar-refractivity contribution is 0.0976. The molecule has 1 aromatic heterocycles. The number of anilines is 1. The SMILES string of the molecule is CN(C)S(=O)(=O)c1ccc2c(c1)CCCN2C(=O)c1cnnn1C. The van der Waals surface area contributed by atoms with Gasteiger partial charge in [0.2, 0.25) is 10.0 Å². The highest BCUT2D eigenvalue weighted by molar-refractivity contribution is 7.89. The van der Waals surface area contributed by atoms with Crippen molar-refractivity contribution in [2.24, 2.45) is 7.05 Å². The molecular weight excluding hydrogens is 330 g/mol. The highest BCUT2D eigenvalue weighted by atomic mass is 32.2. The standard InChI is InChI=1S/C15H19N5O3S/c1-18(2)24(22,23)12-6-7-13-11(9-12)5-4-8-20(13)15(21)14-10-16-17-19(14)3/h6-7,9-10H,4-5,8H2,1-3H3. The normalized spacial score (nSPS) is 14.8. The summed E-state index contributed by atoms with van der Waals surface area (Å²) in [6, 6.07) is 4.90. The van der Waals surface area contributed by atoms with E-state index in [1.807, 2.05) is 0 Å². The maximum atomic E-state index is 12.7. The molecule has 0 radical (unpaired) electrons. The van der Waals surface area contributed by atoms with Crippen molar-refractivity contribution < 1.29 is 13.2 Å². The second kappa shape index (κ2) is 5.99. The third-order valence-corrected chi connectivity index (χ3v) is 5.94. The maximum absolute atomic E-state index is 12.7. The van der Waals surface area contributed by atoms with Crippen LogP contribution >= 0.6 is 0 Å². The van der Waals surface area contributed by atoms with Gasteiger partial charge in [0.05, 0.1) is 11.1 Å². The molecule has 1 aliphatic heterocycles. The van der Waals surface area contributed by atoms with Gasteiger partial charge in [-0.1, -0.05) is 5.21 Å². The van der Waals surface area contributed by atoms with Crippen LogP contribution in [0.4, 0.5) is 5.69 Å². The molecule has 1 aromatic carbocycles. The lowest BCUT2D eigenvalue weighted by Crippen LogP contribution is -2.36. The summed E-state index contributed by atoms with van der Waals surface area (Å²) in [4.78, 5) is 14.6. The van der Waals surface area contributed by atoms with Crippen molar-refractivity contribution in [1.29, 1.82) is 0 Å². The van der Waals surface area contributed by atoms with Crippen LogP contribution in [0, 0.1) is 0 Å². The molecule has 0 bridgehead atoms. The quantitative estimate of drug-likeness (QED) is 0.812. The highest BCUT2D eigenvalue weighted by Gasteiger charge is 2.27. The van der Waals surface area contributed by atoms with Crippen LogP contribution in [0.2, 0.25) is 0 Å². The average molecular weight is 349 g/mol. The minimum absolute atomic E-state index is 0.188. The largest absolute Gasteiger partial charge is 0.307 e. The molecule has 2 aromatic rings. The van der Waals surface area contributed by atoms with E-state index >= 15 is 0 Å². The first-order valence-corrected chi connectivity index (χ1v) is 8.98. The van der Waals surface area contributed by atoms with Gasteiger partial charge in [0.25, 0.3) is 5.91 Å². The van der Waals surface area contributed by atoms with Gasteiger partial charge in [-0.3, -0.25) is 4.79 Å². The number of carbonyl (C=O) groups is 1. The van der Waals surface area contributed by atoms with E-state index in [-0.39, 0.29) is 10.8 Å². The second-order valence-electron chi connectivity index (χ2n) is 5.88. The van der Waals surface area contributed by atoms with Gasteiger partial charge in [0.15, 0.2) is 0 Å². The van der Waals surface area contributed by atoms with Gasteiger partial charge in [-0.15, -0.1) is 5.10 Å². The fourth-order valence-corrected chi connectivity index (χ4v) is 3.73. The number of rotatable bonds is 3. The molecule has 9 heteroatoms. The number of aryl methyl sites for hydroxylation is 2. The molecule has 0 unspecified atom stereocenters. The van der Waals surface area contributed by atoms with Gasteiger partial charge < -0.3 is 4.90 Å². The number of aromatic nitrogens is 3. The Morgan fingerprint density at radius 2 is 2.04 bits per heavy atom. The van der Waals surface area contributed by atoms with Crippen molar-refractivity contribution in [2.75, 3.05) is 25.5 Å². The number of sulfonamides is 1. The van der Waals surface area contributed by atoms with Gasteiger partial charge in [-0.25, -0.2) is 17.4 Å². The summed E-state index contributed by atoms with van der Waals surface area (Å²) in [5, 5.41) is 7.53. The summed E-state index contributed by atoms with van der Waals surface area (Å²) >= 11 is 0. The first-order valence-electron chi connectivity index (χ1n) is 7.54. The van der Waals surface area contributed by atoms with Gasteiger partial charge in [-0.05, 0) is 36.6 Å². The van der Waals surface area contributed by atoms with Crippen LogP contribution in [0.3, 0.4) is 0 Å². The Kier molecular flexibility index (Phi) is 4.14. The third kappa shape index (κ3) is 2.69. The molecule has 1 amide bonds. The molecular formula is C15H19N5O3S. The number of hydrogen-bond acceptors (Lipinski definition) is 5. The predicted octanol–water partition coefficient (Wildman–Crippen LogP) is 0.658. The van der Waals surface area contributed by atoms with Crippen molar-refractivity contribution in [1.82, 2.24) is 19.3 Å². The van der Waals surface area contributed by atoms with Crippen LogP contribution in [0.1, 0.15) is 22.5 Å². The average Bonchev–Trinajstić information content (AvgIpc) is 2.99. The summed E-state index contributed by atoms with van der Waals surface area (Å²) in [7, 11) is 1.17. The van der Waals surface area contributed by atoms with E-state index in [0.717, 1.165) is 24.1 Å². The molecule has 0 spiro atoms. The van der Waals surface area contributed by atoms with Gasteiger partial charge in [-0.2, -0.15) is 0 Å². The molecule has 3 rings (SSSR count). The van der Waals surface area contributed by atoms with Crippen molar-refractivity contribution in [3.8, 4) is 0 Å². The van der Waals surface area contributed by atoms with E-state index in [4.69, 9.17) is 0 Å². The van der Waals surface area contributed by atoms with Crippen LogP contribution in [0.25, 0.3) is 0 Å². The zero-order valence-electron chi connectivity index (χ0n) is 13.8. The number of fused-ring (bicyclic) bond motifs is 1. The van der Waals surface area contributed by atoms with E-state index in [2.05, 4.69) is 10.3 Å². The molecule has 2 heterocycles. The summed E-state index contributed by atoms with van der Waals surface area (Å²) in [6.45, 7) is 0.580. The van der Waals surface area contributed by atoms with E-state index in [9.17, 15) is 13.2 Å². The summed E-state index contributed by atoms with van der Waals surface area (Å²) in [5.41, 5.74) is 1.99.